The molecule has 1 rings (SSSR count). The molecule has 0 bridgehead atoms. The highest BCUT2D eigenvalue weighted by atomic mass is 16.5. The minimum atomic E-state index is 0.495. The van der Waals surface area contributed by atoms with E-state index in [0.29, 0.717) is 6.04 Å². The van der Waals surface area contributed by atoms with Gasteiger partial charge in [0.1, 0.15) is 11.6 Å². The van der Waals surface area contributed by atoms with Gasteiger partial charge in [0.05, 0.1) is 7.11 Å². The van der Waals surface area contributed by atoms with Gasteiger partial charge in [-0.2, -0.15) is 0 Å². The number of ether oxygens (including phenoxy) is 1. The molecule has 78 valence electrons. The van der Waals surface area contributed by atoms with Crippen molar-refractivity contribution in [3.63, 3.8) is 0 Å². The molecule has 0 amide bonds. The molecular weight excluding hydrogens is 176 g/mol. The average Bonchev–Trinajstić information content (AvgIpc) is 2.26. The van der Waals surface area contributed by atoms with Gasteiger partial charge in [-0.25, -0.2) is 4.98 Å². The second kappa shape index (κ2) is 5.47. The molecule has 0 spiro atoms. The number of nitrogens with one attached hydrogen (secondary N) is 1. The molecule has 0 unspecified atom stereocenters. The highest BCUT2D eigenvalue weighted by Gasteiger charge is 2.03. The maximum absolute atomic E-state index is 5.12. The van der Waals surface area contributed by atoms with Gasteiger partial charge in [0.25, 0.3) is 0 Å². The van der Waals surface area contributed by atoms with Crippen molar-refractivity contribution in [1.82, 2.24) is 4.98 Å². The van der Waals surface area contributed by atoms with Crippen LogP contribution in [0, 0.1) is 0 Å². The quantitative estimate of drug-likeness (QED) is 0.782. The molecule has 0 aliphatic carbocycles. The number of methoxy groups -OCH3 is 1. The number of nitrogens with zero attached hydrogens (tertiary/aromatic N) is 1. The topological polar surface area (TPSA) is 34.1 Å². The van der Waals surface area contributed by atoms with Gasteiger partial charge < -0.3 is 10.1 Å². The van der Waals surface area contributed by atoms with E-state index in [1.54, 1.807) is 13.3 Å². The Morgan fingerprint density at radius 2 is 2.14 bits per heavy atom. The number of anilines is 1. The lowest BCUT2D eigenvalue weighted by molar-refractivity contribution is 0.414. The summed E-state index contributed by atoms with van der Waals surface area (Å²) in [4.78, 5) is 4.23. The van der Waals surface area contributed by atoms with Crippen molar-refractivity contribution in [1.29, 1.82) is 0 Å². The largest absolute Gasteiger partial charge is 0.497 e. The first-order valence-electron chi connectivity index (χ1n) is 5.06. The second-order valence-corrected chi connectivity index (χ2v) is 3.24. The Labute approximate surface area is 85.5 Å². The van der Waals surface area contributed by atoms with E-state index in [4.69, 9.17) is 4.74 Å². The van der Waals surface area contributed by atoms with Gasteiger partial charge in [0.15, 0.2) is 0 Å². The molecule has 0 fully saturated rings. The van der Waals surface area contributed by atoms with Crippen molar-refractivity contribution in [2.45, 2.75) is 32.7 Å². The maximum atomic E-state index is 5.12. The van der Waals surface area contributed by atoms with Gasteiger partial charge in [-0.3, -0.25) is 0 Å². The molecule has 0 radical (unpaired) electrons. The third-order valence-electron chi connectivity index (χ3n) is 2.30. The van der Waals surface area contributed by atoms with Crippen LogP contribution in [-0.2, 0) is 0 Å². The van der Waals surface area contributed by atoms with Crippen LogP contribution in [-0.4, -0.2) is 18.1 Å². The average molecular weight is 194 g/mol. The summed E-state index contributed by atoms with van der Waals surface area (Å²) in [5.41, 5.74) is 0. The summed E-state index contributed by atoms with van der Waals surface area (Å²) in [6.07, 6.45) is 3.97. The van der Waals surface area contributed by atoms with Gasteiger partial charge >= 0.3 is 0 Å². The Hall–Kier alpha value is -1.25. The lowest BCUT2D eigenvalue weighted by atomic mass is 10.2. The molecule has 0 atom stereocenters. The molecule has 3 heteroatoms. The van der Waals surface area contributed by atoms with Crippen LogP contribution in [0.2, 0.25) is 0 Å². The fraction of sp³-hybridized carbons (Fsp3) is 0.545. The lowest BCUT2D eigenvalue weighted by Crippen LogP contribution is -2.17. The number of aromatic nitrogens is 1. The normalized spacial score (nSPS) is 10.3. The van der Waals surface area contributed by atoms with Crippen LogP contribution in [0.25, 0.3) is 0 Å². The number of rotatable bonds is 5. The number of hydrogen-bond donors (Lipinski definition) is 1. The summed E-state index contributed by atoms with van der Waals surface area (Å²) in [7, 11) is 1.66. The molecule has 0 saturated carbocycles. The van der Waals surface area contributed by atoms with Crippen molar-refractivity contribution in [3.05, 3.63) is 18.3 Å². The minimum Gasteiger partial charge on any atom is -0.497 e. The Morgan fingerprint density at radius 1 is 1.43 bits per heavy atom. The molecule has 0 aliphatic rings. The zero-order chi connectivity index (χ0) is 10.4. The number of hydrogen-bond acceptors (Lipinski definition) is 3. The monoisotopic (exact) mass is 194 g/mol. The summed E-state index contributed by atoms with van der Waals surface area (Å²) in [5.74, 6) is 1.73. The predicted molar refractivity (Wildman–Crippen MR) is 58.8 cm³/mol. The maximum Gasteiger partial charge on any atom is 0.129 e. The Bertz CT molecular complexity index is 272. The van der Waals surface area contributed by atoms with Gasteiger partial charge in [0.2, 0.25) is 0 Å². The zero-order valence-corrected chi connectivity index (χ0v) is 9.08. The minimum absolute atomic E-state index is 0.495. The Balaban J connectivity index is 2.65. The van der Waals surface area contributed by atoms with Crippen molar-refractivity contribution < 1.29 is 4.74 Å². The van der Waals surface area contributed by atoms with Crippen molar-refractivity contribution in [2.75, 3.05) is 12.4 Å². The molecule has 1 heterocycles. The Kier molecular flexibility index (Phi) is 4.23. The number of pyridine rings is 1. The molecular formula is C11H18N2O. The fourth-order valence-electron chi connectivity index (χ4n) is 1.32. The van der Waals surface area contributed by atoms with E-state index >= 15 is 0 Å². The van der Waals surface area contributed by atoms with Crippen LogP contribution in [0.1, 0.15) is 26.7 Å². The SMILES string of the molecule is CCC(CC)Nc1cc(OC)ccn1. The molecule has 0 aliphatic heterocycles. The molecule has 1 N–H and O–H groups in total. The summed E-state index contributed by atoms with van der Waals surface area (Å²) < 4.78 is 5.12. The second-order valence-electron chi connectivity index (χ2n) is 3.24. The highest BCUT2D eigenvalue weighted by Crippen LogP contribution is 2.15. The summed E-state index contributed by atoms with van der Waals surface area (Å²) >= 11 is 0. The van der Waals surface area contributed by atoms with E-state index in [-0.39, 0.29) is 0 Å². The fourth-order valence-corrected chi connectivity index (χ4v) is 1.32. The van der Waals surface area contributed by atoms with Crippen LogP contribution in [0.3, 0.4) is 0 Å². The summed E-state index contributed by atoms with van der Waals surface area (Å²) in [6, 6.07) is 4.26. The lowest BCUT2D eigenvalue weighted by Gasteiger charge is -2.15. The first-order valence-corrected chi connectivity index (χ1v) is 5.06. The van der Waals surface area contributed by atoms with E-state index in [1.165, 1.54) is 0 Å². The molecule has 3 nitrogen and oxygen atoms in total. The van der Waals surface area contributed by atoms with Crippen LogP contribution < -0.4 is 10.1 Å². The molecule has 1 aromatic heterocycles. The van der Waals surface area contributed by atoms with Crippen LogP contribution in [0.4, 0.5) is 5.82 Å². The molecule has 1 aromatic rings. The van der Waals surface area contributed by atoms with Crippen molar-refractivity contribution in [3.8, 4) is 5.75 Å². The molecule has 0 aromatic carbocycles. The molecule has 14 heavy (non-hydrogen) atoms. The first kappa shape index (κ1) is 10.8. The third-order valence-corrected chi connectivity index (χ3v) is 2.30. The third kappa shape index (κ3) is 2.91. The standard InChI is InChI=1S/C11H18N2O/c1-4-9(5-2)13-11-8-10(14-3)6-7-12-11/h6-9H,4-5H2,1-3H3,(H,12,13). The van der Waals surface area contributed by atoms with E-state index in [1.807, 2.05) is 12.1 Å². The van der Waals surface area contributed by atoms with Gasteiger partial charge in [0, 0.05) is 18.3 Å². The van der Waals surface area contributed by atoms with E-state index in [9.17, 15) is 0 Å². The van der Waals surface area contributed by atoms with Gasteiger partial charge in [-0.05, 0) is 18.9 Å². The van der Waals surface area contributed by atoms with Crippen LogP contribution >= 0.6 is 0 Å². The van der Waals surface area contributed by atoms with Crippen LogP contribution in [0.15, 0.2) is 18.3 Å². The van der Waals surface area contributed by atoms with Crippen molar-refractivity contribution >= 4 is 5.82 Å². The van der Waals surface area contributed by atoms with Crippen molar-refractivity contribution in [2.24, 2.45) is 0 Å². The van der Waals surface area contributed by atoms with E-state index in [0.717, 1.165) is 24.4 Å². The van der Waals surface area contributed by atoms with Gasteiger partial charge in [-0.15, -0.1) is 0 Å². The Morgan fingerprint density at radius 3 is 2.71 bits per heavy atom. The zero-order valence-electron chi connectivity index (χ0n) is 9.08. The first-order chi connectivity index (χ1) is 6.80. The van der Waals surface area contributed by atoms with Gasteiger partial charge in [-0.1, -0.05) is 13.8 Å². The predicted octanol–water partition coefficient (Wildman–Crippen LogP) is 2.69. The van der Waals surface area contributed by atoms with E-state index < -0.39 is 0 Å². The summed E-state index contributed by atoms with van der Waals surface area (Å²) in [6.45, 7) is 4.34. The van der Waals surface area contributed by atoms with Crippen LogP contribution in [0.5, 0.6) is 5.75 Å². The smallest absolute Gasteiger partial charge is 0.129 e. The summed E-state index contributed by atoms with van der Waals surface area (Å²) in [5, 5.41) is 3.36. The molecule has 0 saturated heterocycles. The highest BCUT2D eigenvalue weighted by molar-refractivity contribution is 5.41. The van der Waals surface area contributed by atoms with E-state index in [2.05, 4.69) is 24.1 Å².